The normalized spacial score (nSPS) is 18.3. The predicted octanol–water partition coefficient (Wildman–Crippen LogP) is 2.84. The van der Waals surface area contributed by atoms with Crippen LogP contribution in [0.3, 0.4) is 0 Å². The number of hydrogen-bond donors (Lipinski definition) is 2. The van der Waals surface area contributed by atoms with Gasteiger partial charge in [-0.15, -0.1) is 0 Å². The standard InChI is InChI=1S/C20H19ClN4O4/c1-11(18(26)24-17-7-5-13(21)10-22-17)29-20(28)12-4-6-15-14(9-12)23-19(27)16-3-2-8-25(15)16/h4-7,9-11,16H,2-3,8H2,1H3,(H,23,27)(H,22,24,26)/t11-,16+/m0/s1. The van der Waals surface area contributed by atoms with Crippen LogP contribution in [0.2, 0.25) is 5.02 Å². The van der Waals surface area contributed by atoms with E-state index in [1.54, 1.807) is 30.3 Å². The fraction of sp³-hybridized carbons (Fsp3) is 0.300. The number of anilines is 3. The largest absolute Gasteiger partial charge is 0.449 e. The quantitative estimate of drug-likeness (QED) is 0.746. The summed E-state index contributed by atoms with van der Waals surface area (Å²) in [6.07, 6.45) is 2.15. The van der Waals surface area contributed by atoms with E-state index in [0.717, 1.165) is 25.1 Å². The van der Waals surface area contributed by atoms with Gasteiger partial charge in [0, 0.05) is 12.7 Å². The molecule has 1 fully saturated rings. The van der Waals surface area contributed by atoms with Gasteiger partial charge < -0.3 is 20.3 Å². The number of halogens is 1. The first-order valence-corrected chi connectivity index (χ1v) is 9.65. The second-order valence-electron chi connectivity index (χ2n) is 6.97. The number of benzene rings is 1. The average molecular weight is 415 g/mol. The Bertz CT molecular complexity index is 979. The Morgan fingerprint density at radius 3 is 2.93 bits per heavy atom. The summed E-state index contributed by atoms with van der Waals surface area (Å²) in [5.74, 6) is -0.931. The number of carbonyl (C=O) groups is 3. The Kier molecular flexibility index (Phi) is 5.10. The van der Waals surface area contributed by atoms with Gasteiger partial charge in [-0.2, -0.15) is 0 Å². The molecule has 2 N–H and O–H groups in total. The molecule has 29 heavy (non-hydrogen) atoms. The molecule has 0 aliphatic carbocycles. The Balaban J connectivity index is 1.43. The summed E-state index contributed by atoms with van der Waals surface area (Å²) in [6.45, 7) is 2.28. The molecule has 2 aromatic rings. The van der Waals surface area contributed by atoms with Gasteiger partial charge in [0.25, 0.3) is 5.91 Å². The van der Waals surface area contributed by atoms with Crippen molar-refractivity contribution in [2.75, 3.05) is 22.1 Å². The van der Waals surface area contributed by atoms with E-state index in [1.807, 2.05) is 0 Å². The maximum Gasteiger partial charge on any atom is 0.338 e. The maximum atomic E-state index is 12.5. The zero-order chi connectivity index (χ0) is 20.5. The number of ether oxygens (including phenoxy) is 1. The van der Waals surface area contributed by atoms with E-state index in [9.17, 15) is 14.4 Å². The van der Waals surface area contributed by atoms with E-state index in [1.165, 1.54) is 13.1 Å². The highest BCUT2D eigenvalue weighted by atomic mass is 35.5. The molecule has 2 amide bonds. The Hall–Kier alpha value is -3.13. The van der Waals surface area contributed by atoms with Crippen molar-refractivity contribution in [2.45, 2.75) is 31.9 Å². The van der Waals surface area contributed by atoms with Gasteiger partial charge in [0.1, 0.15) is 11.9 Å². The first-order chi connectivity index (χ1) is 13.9. The lowest BCUT2D eigenvalue weighted by Crippen LogP contribution is -2.43. The first-order valence-electron chi connectivity index (χ1n) is 9.27. The predicted molar refractivity (Wildman–Crippen MR) is 108 cm³/mol. The molecule has 2 atom stereocenters. The van der Waals surface area contributed by atoms with Crippen LogP contribution < -0.4 is 15.5 Å². The van der Waals surface area contributed by atoms with E-state index in [4.69, 9.17) is 16.3 Å². The number of aromatic nitrogens is 1. The molecule has 0 spiro atoms. The molecule has 0 bridgehead atoms. The van der Waals surface area contributed by atoms with Crippen LogP contribution >= 0.6 is 11.6 Å². The van der Waals surface area contributed by atoms with Gasteiger partial charge in [0.2, 0.25) is 5.91 Å². The third-order valence-electron chi connectivity index (χ3n) is 4.99. The minimum atomic E-state index is -1.03. The van der Waals surface area contributed by atoms with Crippen LogP contribution in [0.5, 0.6) is 0 Å². The fourth-order valence-corrected chi connectivity index (χ4v) is 3.63. The SMILES string of the molecule is C[C@H](OC(=O)c1ccc2c(c1)NC(=O)[C@H]1CCCN21)C(=O)Nc1ccc(Cl)cn1. The molecule has 1 aromatic carbocycles. The van der Waals surface area contributed by atoms with Gasteiger partial charge in [-0.25, -0.2) is 9.78 Å². The highest BCUT2D eigenvalue weighted by Gasteiger charge is 2.36. The van der Waals surface area contributed by atoms with Crippen LogP contribution in [-0.4, -0.2) is 41.5 Å². The molecule has 1 aromatic heterocycles. The number of hydrogen-bond acceptors (Lipinski definition) is 6. The third-order valence-corrected chi connectivity index (χ3v) is 5.21. The van der Waals surface area contributed by atoms with Crippen molar-refractivity contribution in [1.82, 2.24) is 4.98 Å². The molecule has 2 aliphatic rings. The van der Waals surface area contributed by atoms with Crippen molar-refractivity contribution in [3.8, 4) is 0 Å². The highest BCUT2D eigenvalue weighted by molar-refractivity contribution is 6.30. The molecule has 8 nitrogen and oxygen atoms in total. The lowest BCUT2D eigenvalue weighted by Gasteiger charge is -2.33. The van der Waals surface area contributed by atoms with E-state index >= 15 is 0 Å². The highest BCUT2D eigenvalue weighted by Crippen LogP contribution is 2.37. The van der Waals surface area contributed by atoms with Gasteiger partial charge in [-0.3, -0.25) is 9.59 Å². The fourth-order valence-electron chi connectivity index (χ4n) is 3.52. The third kappa shape index (κ3) is 3.88. The summed E-state index contributed by atoms with van der Waals surface area (Å²) < 4.78 is 5.27. The van der Waals surface area contributed by atoms with Gasteiger partial charge >= 0.3 is 5.97 Å². The monoisotopic (exact) mass is 414 g/mol. The smallest absolute Gasteiger partial charge is 0.338 e. The van der Waals surface area contributed by atoms with Gasteiger partial charge in [0.15, 0.2) is 6.10 Å². The van der Waals surface area contributed by atoms with Crippen LogP contribution in [0.1, 0.15) is 30.1 Å². The summed E-state index contributed by atoms with van der Waals surface area (Å²) in [7, 11) is 0. The second-order valence-corrected chi connectivity index (χ2v) is 7.41. The van der Waals surface area contributed by atoms with Crippen LogP contribution in [-0.2, 0) is 14.3 Å². The number of amides is 2. The number of rotatable bonds is 4. The number of pyridine rings is 1. The van der Waals surface area contributed by atoms with Crippen LogP contribution in [0.4, 0.5) is 17.2 Å². The molecule has 1 saturated heterocycles. The molecule has 0 unspecified atom stereocenters. The lowest BCUT2D eigenvalue weighted by molar-refractivity contribution is -0.123. The molecular formula is C20H19ClN4O4. The number of nitrogens with zero attached hydrogens (tertiary/aromatic N) is 2. The number of nitrogens with one attached hydrogen (secondary N) is 2. The van der Waals surface area contributed by atoms with Gasteiger partial charge in [0.05, 0.1) is 22.0 Å². The zero-order valence-corrected chi connectivity index (χ0v) is 16.4. The number of esters is 1. The van der Waals surface area contributed by atoms with E-state index in [2.05, 4.69) is 20.5 Å². The van der Waals surface area contributed by atoms with E-state index < -0.39 is 18.0 Å². The minimum absolute atomic E-state index is 0.0660. The molecule has 0 saturated carbocycles. The van der Waals surface area contributed by atoms with E-state index in [0.29, 0.717) is 16.5 Å². The van der Waals surface area contributed by atoms with Crippen LogP contribution in [0.15, 0.2) is 36.5 Å². The van der Waals surface area contributed by atoms with Crippen molar-refractivity contribution in [3.63, 3.8) is 0 Å². The van der Waals surface area contributed by atoms with Crippen molar-refractivity contribution in [1.29, 1.82) is 0 Å². The van der Waals surface area contributed by atoms with Gasteiger partial charge in [-0.05, 0) is 50.1 Å². The van der Waals surface area contributed by atoms with Gasteiger partial charge in [-0.1, -0.05) is 11.6 Å². The Morgan fingerprint density at radius 1 is 1.34 bits per heavy atom. The van der Waals surface area contributed by atoms with Crippen molar-refractivity contribution in [2.24, 2.45) is 0 Å². The summed E-state index contributed by atoms with van der Waals surface area (Å²) in [5.41, 5.74) is 1.72. The first kappa shape index (κ1) is 19.2. The molecule has 3 heterocycles. The Morgan fingerprint density at radius 2 is 2.17 bits per heavy atom. The van der Waals surface area contributed by atoms with Crippen molar-refractivity contribution >= 4 is 46.6 Å². The Labute approximate surface area is 172 Å². The molecule has 2 aliphatic heterocycles. The maximum absolute atomic E-state index is 12.5. The average Bonchev–Trinajstić information content (AvgIpc) is 3.20. The molecule has 0 radical (unpaired) electrons. The summed E-state index contributed by atoms with van der Waals surface area (Å²) in [4.78, 5) is 43.0. The molecular weight excluding hydrogens is 396 g/mol. The number of fused-ring (bicyclic) bond motifs is 3. The molecule has 9 heteroatoms. The zero-order valence-electron chi connectivity index (χ0n) is 15.6. The van der Waals surface area contributed by atoms with Crippen molar-refractivity contribution < 1.29 is 19.1 Å². The van der Waals surface area contributed by atoms with Crippen LogP contribution in [0, 0.1) is 0 Å². The topological polar surface area (TPSA) is 101 Å². The van der Waals surface area contributed by atoms with E-state index in [-0.39, 0.29) is 17.5 Å². The summed E-state index contributed by atoms with van der Waals surface area (Å²) in [5, 5.41) is 5.86. The lowest BCUT2D eigenvalue weighted by atomic mass is 10.1. The second kappa shape index (κ2) is 7.71. The minimum Gasteiger partial charge on any atom is -0.449 e. The summed E-state index contributed by atoms with van der Waals surface area (Å²) >= 11 is 5.76. The number of carbonyl (C=O) groups excluding carboxylic acids is 3. The summed E-state index contributed by atoms with van der Waals surface area (Å²) in [6, 6.07) is 8.01. The van der Waals surface area contributed by atoms with Crippen LogP contribution in [0.25, 0.3) is 0 Å². The van der Waals surface area contributed by atoms with Crippen molar-refractivity contribution in [3.05, 3.63) is 47.1 Å². The molecule has 4 rings (SSSR count). The molecule has 150 valence electrons.